The molecule has 1 saturated heterocycles. The number of imidazole rings is 1. The Morgan fingerprint density at radius 1 is 1.25 bits per heavy atom. The molecule has 3 atom stereocenters. The van der Waals surface area contributed by atoms with Gasteiger partial charge in [-0.3, -0.25) is 0 Å². The molecule has 1 aliphatic carbocycles. The molecule has 2 aromatic rings. The normalized spacial score (nSPS) is 27.1. The molecule has 4 rings (SSSR count). The second kappa shape index (κ2) is 9.21. The molecule has 1 saturated carbocycles. The zero-order chi connectivity index (χ0) is 19.4. The Balaban J connectivity index is 1.46. The van der Waals surface area contributed by atoms with Crippen molar-refractivity contribution < 1.29 is 9.47 Å². The predicted octanol–water partition coefficient (Wildman–Crippen LogP) is 5.87. The highest BCUT2D eigenvalue weighted by Crippen LogP contribution is 2.43. The van der Waals surface area contributed by atoms with Gasteiger partial charge in [-0.15, -0.1) is 11.8 Å². The first-order valence-corrected chi connectivity index (χ1v) is 11.7. The molecule has 0 radical (unpaired) electrons. The SMILES string of the molecule is CC(n1ccnc1)C1(CCc2ccc(Cl)cc2)OCC(SC2CCCCC2)O1. The molecule has 0 amide bonds. The second-order valence-electron chi connectivity index (χ2n) is 7.88. The monoisotopic (exact) mass is 420 g/mol. The van der Waals surface area contributed by atoms with Gasteiger partial charge in [0, 0.05) is 29.1 Å². The first-order valence-electron chi connectivity index (χ1n) is 10.3. The first kappa shape index (κ1) is 20.3. The summed E-state index contributed by atoms with van der Waals surface area (Å²) < 4.78 is 15.1. The molecule has 0 spiro atoms. The molecule has 152 valence electrons. The van der Waals surface area contributed by atoms with E-state index < -0.39 is 5.79 Å². The van der Waals surface area contributed by atoms with Gasteiger partial charge in [0.15, 0.2) is 5.79 Å². The van der Waals surface area contributed by atoms with Gasteiger partial charge in [0.25, 0.3) is 0 Å². The van der Waals surface area contributed by atoms with Crippen molar-refractivity contribution in [3.63, 3.8) is 0 Å². The van der Waals surface area contributed by atoms with Crippen molar-refractivity contribution >= 4 is 23.4 Å². The quantitative estimate of drug-likeness (QED) is 0.561. The fraction of sp³-hybridized carbons (Fsp3) is 0.591. The van der Waals surface area contributed by atoms with Crippen LogP contribution in [0.4, 0.5) is 0 Å². The maximum atomic E-state index is 6.65. The Morgan fingerprint density at radius 2 is 2.04 bits per heavy atom. The van der Waals surface area contributed by atoms with Gasteiger partial charge in [-0.1, -0.05) is 43.0 Å². The minimum absolute atomic E-state index is 0.0549. The maximum Gasteiger partial charge on any atom is 0.190 e. The van der Waals surface area contributed by atoms with E-state index in [1.807, 2.05) is 42.6 Å². The molecule has 28 heavy (non-hydrogen) atoms. The zero-order valence-electron chi connectivity index (χ0n) is 16.4. The van der Waals surface area contributed by atoms with Crippen LogP contribution in [-0.2, 0) is 15.9 Å². The summed E-state index contributed by atoms with van der Waals surface area (Å²) >= 11 is 8.01. The van der Waals surface area contributed by atoms with Crippen molar-refractivity contribution in [1.29, 1.82) is 0 Å². The third-order valence-electron chi connectivity index (χ3n) is 5.98. The van der Waals surface area contributed by atoms with Crippen molar-refractivity contribution in [2.75, 3.05) is 6.61 Å². The summed E-state index contributed by atoms with van der Waals surface area (Å²) in [5.74, 6) is -0.632. The number of nitrogens with zero attached hydrogens (tertiary/aromatic N) is 2. The van der Waals surface area contributed by atoms with Crippen molar-refractivity contribution in [2.24, 2.45) is 0 Å². The molecule has 1 aromatic carbocycles. The molecular formula is C22H29ClN2O2S. The van der Waals surface area contributed by atoms with Crippen LogP contribution in [0, 0.1) is 0 Å². The van der Waals surface area contributed by atoms with Gasteiger partial charge in [-0.25, -0.2) is 4.98 Å². The highest BCUT2D eigenvalue weighted by Gasteiger charge is 2.47. The molecule has 0 N–H and O–H groups in total. The molecular weight excluding hydrogens is 392 g/mol. The van der Waals surface area contributed by atoms with E-state index in [0.29, 0.717) is 11.9 Å². The Labute approximate surface area is 177 Å². The third kappa shape index (κ3) is 4.76. The summed E-state index contributed by atoms with van der Waals surface area (Å²) in [6, 6.07) is 8.11. The first-order chi connectivity index (χ1) is 13.6. The summed E-state index contributed by atoms with van der Waals surface area (Å²) in [5.41, 5.74) is 1.36. The van der Waals surface area contributed by atoms with Crippen LogP contribution in [0.25, 0.3) is 0 Å². The lowest BCUT2D eigenvalue weighted by Gasteiger charge is -2.35. The van der Waals surface area contributed by atoms with E-state index in [4.69, 9.17) is 21.1 Å². The van der Waals surface area contributed by atoms with Crippen molar-refractivity contribution in [1.82, 2.24) is 9.55 Å². The van der Waals surface area contributed by atoms with E-state index in [1.54, 1.807) is 0 Å². The number of aromatic nitrogens is 2. The molecule has 1 aliphatic heterocycles. The smallest absolute Gasteiger partial charge is 0.190 e. The van der Waals surface area contributed by atoms with E-state index in [-0.39, 0.29) is 11.5 Å². The number of ether oxygens (including phenoxy) is 2. The number of benzene rings is 1. The standard InChI is InChI=1S/C22H29ClN2O2S/c1-17(25-14-13-24-16-25)22(12-11-18-7-9-19(23)10-8-18)26-15-21(27-22)28-20-5-3-2-4-6-20/h7-10,13-14,16-17,20-21H,2-6,11-12,15H2,1H3. The largest absolute Gasteiger partial charge is 0.344 e. The van der Waals surface area contributed by atoms with Crippen LogP contribution in [0.5, 0.6) is 0 Å². The Kier molecular flexibility index (Phi) is 6.66. The topological polar surface area (TPSA) is 36.3 Å². The molecule has 4 nitrogen and oxygen atoms in total. The van der Waals surface area contributed by atoms with Crippen LogP contribution in [0.15, 0.2) is 43.0 Å². The fourth-order valence-electron chi connectivity index (χ4n) is 4.24. The lowest BCUT2D eigenvalue weighted by Crippen LogP contribution is -2.40. The molecule has 2 aliphatic rings. The van der Waals surface area contributed by atoms with Gasteiger partial charge in [0.05, 0.1) is 19.0 Å². The highest BCUT2D eigenvalue weighted by molar-refractivity contribution is 8.00. The van der Waals surface area contributed by atoms with Crippen molar-refractivity contribution in [3.05, 3.63) is 53.6 Å². The Morgan fingerprint density at radius 3 is 2.75 bits per heavy atom. The van der Waals surface area contributed by atoms with Crippen LogP contribution in [0.2, 0.25) is 5.02 Å². The van der Waals surface area contributed by atoms with E-state index in [0.717, 1.165) is 17.9 Å². The minimum Gasteiger partial charge on any atom is -0.344 e. The van der Waals surface area contributed by atoms with Crippen molar-refractivity contribution in [3.8, 4) is 0 Å². The van der Waals surface area contributed by atoms with Gasteiger partial charge in [0.2, 0.25) is 0 Å². The molecule has 6 heteroatoms. The maximum absolute atomic E-state index is 6.65. The second-order valence-corrected chi connectivity index (χ2v) is 9.78. The Bertz CT molecular complexity index is 734. The number of hydrogen-bond acceptors (Lipinski definition) is 4. The lowest BCUT2D eigenvalue weighted by molar-refractivity contribution is -0.193. The molecule has 3 unspecified atom stereocenters. The lowest BCUT2D eigenvalue weighted by atomic mass is 9.99. The van der Waals surface area contributed by atoms with Gasteiger partial charge < -0.3 is 14.0 Å². The number of rotatable bonds is 7. The van der Waals surface area contributed by atoms with Gasteiger partial charge >= 0.3 is 0 Å². The van der Waals surface area contributed by atoms with Crippen LogP contribution in [-0.4, -0.2) is 32.6 Å². The average Bonchev–Trinajstić information content (AvgIpc) is 3.39. The molecule has 1 aromatic heterocycles. The van der Waals surface area contributed by atoms with E-state index in [1.165, 1.54) is 37.7 Å². The van der Waals surface area contributed by atoms with Crippen LogP contribution in [0.1, 0.15) is 57.1 Å². The highest BCUT2D eigenvalue weighted by atomic mass is 35.5. The number of hydrogen-bond donors (Lipinski definition) is 0. The van der Waals surface area contributed by atoms with Crippen LogP contribution < -0.4 is 0 Å². The van der Waals surface area contributed by atoms with Gasteiger partial charge in [-0.2, -0.15) is 0 Å². The summed E-state index contributed by atoms with van der Waals surface area (Å²) in [7, 11) is 0. The third-order valence-corrected chi connectivity index (χ3v) is 7.62. The fourth-order valence-corrected chi connectivity index (χ4v) is 5.76. The summed E-state index contributed by atoms with van der Waals surface area (Å²) in [6.07, 6.45) is 14.0. The molecule has 2 heterocycles. The van der Waals surface area contributed by atoms with E-state index in [9.17, 15) is 0 Å². The van der Waals surface area contributed by atoms with Gasteiger partial charge in [-0.05, 0) is 43.9 Å². The van der Waals surface area contributed by atoms with Crippen molar-refractivity contribution in [2.45, 2.75) is 74.4 Å². The number of aryl methyl sites for hydroxylation is 1. The summed E-state index contributed by atoms with van der Waals surface area (Å²) in [4.78, 5) is 4.22. The van der Waals surface area contributed by atoms with Crippen LogP contribution in [0.3, 0.4) is 0 Å². The van der Waals surface area contributed by atoms with E-state index >= 15 is 0 Å². The minimum atomic E-state index is -0.632. The number of halogens is 1. The van der Waals surface area contributed by atoms with E-state index in [2.05, 4.69) is 28.6 Å². The number of thioether (sulfide) groups is 1. The van der Waals surface area contributed by atoms with Crippen LogP contribution >= 0.6 is 23.4 Å². The molecule has 0 bridgehead atoms. The zero-order valence-corrected chi connectivity index (χ0v) is 18.0. The molecule has 2 fully saturated rings. The summed E-state index contributed by atoms with van der Waals surface area (Å²) in [5, 5.41) is 1.47. The van der Waals surface area contributed by atoms with Gasteiger partial charge in [0.1, 0.15) is 5.44 Å². The Hall–Kier alpha value is -1.01. The summed E-state index contributed by atoms with van der Waals surface area (Å²) in [6.45, 7) is 2.82. The average molecular weight is 421 g/mol. The predicted molar refractivity (Wildman–Crippen MR) is 115 cm³/mol.